The van der Waals surface area contributed by atoms with Crippen LogP contribution >= 0.6 is 7.60 Å². The molecule has 0 fully saturated rings. The van der Waals surface area contributed by atoms with Gasteiger partial charge in [0, 0.05) is 6.61 Å². The van der Waals surface area contributed by atoms with Gasteiger partial charge >= 0.3 is 13.6 Å². The number of ether oxygens (including phenoxy) is 1. The van der Waals surface area contributed by atoms with Crippen molar-refractivity contribution in [2.75, 3.05) is 32.9 Å². The maximum absolute atomic E-state index is 14.0. The van der Waals surface area contributed by atoms with Gasteiger partial charge in [0.15, 0.2) is 5.78 Å². The molecule has 0 radical (unpaired) electrons. The molecule has 9 heteroatoms. The minimum absolute atomic E-state index is 0.171. The molecule has 1 atom stereocenters. The predicted octanol–water partition coefficient (Wildman–Crippen LogP) is 13.3. The van der Waals surface area contributed by atoms with E-state index in [4.69, 9.17) is 18.9 Å². The summed E-state index contributed by atoms with van der Waals surface area (Å²) < 4.78 is 31.4. The van der Waals surface area contributed by atoms with E-state index in [1.807, 2.05) is 0 Å². The van der Waals surface area contributed by atoms with Crippen LogP contribution in [-0.2, 0) is 27.9 Å². The molecule has 0 aliphatic heterocycles. The maximum Gasteiger partial charge on any atom is 0.366 e. The molecule has 0 spiro atoms. The summed E-state index contributed by atoms with van der Waals surface area (Å²) in [6.45, 7) is 6.30. The number of hydrogen-bond donors (Lipinski definition) is 2. The quantitative estimate of drug-likeness (QED) is 0.0466. The molecule has 0 aliphatic rings. The standard InChI is InChI=1S/C43H86NO7P/c1-4-7-9-11-13-15-17-19-21-23-25-27-29-31-33-35-37-50-52(48,43(49-6-3)41(45)39-44-40-42(46)47)51-38-36-34-32-30-28-26-24-22-20-18-16-14-12-10-8-5-2/h43-44H,4-40H2,1-3H3,(H,46,47). The Morgan fingerprint density at radius 2 is 0.769 bits per heavy atom. The smallest absolute Gasteiger partial charge is 0.366 e. The van der Waals surface area contributed by atoms with E-state index >= 15 is 0 Å². The summed E-state index contributed by atoms with van der Waals surface area (Å²) >= 11 is 0. The summed E-state index contributed by atoms with van der Waals surface area (Å²) in [5.74, 6) is -2.94. The number of carbonyl (C=O) groups is 2. The average Bonchev–Trinajstić information content (AvgIpc) is 3.13. The lowest BCUT2D eigenvalue weighted by Gasteiger charge is -2.26. The molecule has 1 unspecified atom stereocenters. The molecule has 0 saturated heterocycles. The van der Waals surface area contributed by atoms with Crippen molar-refractivity contribution in [3.8, 4) is 0 Å². The monoisotopic (exact) mass is 760 g/mol. The molecule has 0 saturated carbocycles. The van der Waals surface area contributed by atoms with Crippen molar-refractivity contribution in [3.63, 3.8) is 0 Å². The molecular weight excluding hydrogens is 673 g/mol. The lowest BCUT2D eigenvalue weighted by molar-refractivity contribution is -0.136. The van der Waals surface area contributed by atoms with Crippen LogP contribution in [0.2, 0.25) is 0 Å². The average molecular weight is 760 g/mol. The number of ketones is 1. The largest absolute Gasteiger partial charge is 0.480 e. The number of carboxylic acid groups (broad SMARTS) is 1. The van der Waals surface area contributed by atoms with Crippen molar-refractivity contribution in [2.45, 2.75) is 232 Å². The van der Waals surface area contributed by atoms with E-state index in [0.717, 1.165) is 38.5 Å². The molecule has 0 amide bonds. The lowest BCUT2D eigenvalue weighted by Crippen LogP contribution is -2.36. The minimum atomic E-state index is -3.90. The van der Waals surface area contributed by atoms with Gasteiger partial charge in [-0.05, 0) is 19.8 Å². The van der Waals surface area contributed by atoms with Gasteiger partial charge in [0.2, 0.25) is 5.85 Å². The van der Waals surface area contributed by atoms with Crippen LogP contribution in [0.3, 0.4) is 0 Å². The fraction of sp³-hybridized carbons (Fsp3) is 0.953. The highest BCUT2D eigenvalue weighted by molar-refractivity contribution is 7.55. The van der Waals surface area contributed by atoms with E-state index in [1.54, 1.807) is 6.92 Å². The summed E-state index contributed by atoms with van der Waals surface area (Å²) in [7, 11) is -3.90. The zero-order chi connectivity index (χ0) is 38.2. The van der Waals surface area contributed by atoms with Gasteiger partial charge in [0.25, 0.3) is 0 Å². The summed E-state index contributed by atoms with van der Waals surface area (Å²) in [5.41, 5.74) is 0. The molecule has 0 heterocycles. The first kappa shape index (κ1) is 51.2. The number of rotatable bonds is 44. The minimum Gasteiger partial charge on any atom is -0.480 e. The second-order valence-electron chi connectivity index (χ2n) is 15.1. The Morgan fingerprint density at radius 1 is 0.481 bits per heavy atom. The van der Waals surface area contributed by atoms with E-state index in [0.29, 0.717) is 0 Å². The summed E-state index contributed by atoms with van der Waals surface area (Å²) in [6.07, 6.45) is 40.6. The van der Waals surface area contributed by atoms with Crippen molar-refractivity contribution < 1.29 is 33.0 Å². The predicted molar refractivity (Wildman–Crippen MR) is 220 cm³/mol. The van der Waals surface area contributed by atoms with Crippen molar-refractivity contribution in [1.29, 1.82) is 0 Å². The van der Waals surface area contributed by atoms with Gasteiger partial charge in [-0.1, -0.05) is 206 Å². The van der Waals surface area contributed by atoms with Crippen molar-refractivity contribution >= 4 is 19.3 Å². The Kier molecular flexibility index (Phi) is 39.3. The molecule has 52 heavy (non-hydrogen) atoms. The van der Waals surface area contributed by atoms with Gasteiger partial charge in [0.1, 0.15) is 0 Å². The zero-order valence-corrected chi connectivity index (χ0v) is 35.5. The van der Waals surface area contributed by atoms with E-state index < -0.39 is 25.2 Å². The fourth-order valence-corrected chi connectivity index (χ4v) is 8.64. The molecule has 0 aromatic heterocycles. The van der Waals surface area contributed by atoms with Crippen molar-refractivity contribution in [1.82, 2.24) is 5.32 Å². The van der Waals surface area contributed by atoms with Gasteiger partial charge in [-0.25, -0.2) is 0 Å². The van der Waals surface area contributed by atoms with E-state index in [9.17, 15) is 14.2 Å². The van der Waals surface area contributed by atoms with Crippen molar-refractivity contribution in [3.05, 3.63) is 0 Å². The molecule has 0 rings (SSSR count). The van der Waals surface area contributed by atoms with Crippen LogP contribution in [0.1, 0.15) is 226 Å². The van der Waals surface area contributed by atoms with Crippen LogP contribution < -0.4 is 5.32 Å². The number of aliphatic carboxylic acids is 1. The van der Waals surface area contributed by atoms with Crippen LogP contribution in [0.4, 0.5) is 0 Å². The normalized spacial score (nSPS) is 12.4. The first-order valence-corrected chi connectivity index (χ1v) is 24.0. The van der Waals surface area contributed by atoms with Gasteiger partial charge in [-0.3, -0.25) is 19.5 Å². The summed E-state index contributed by atoms with van der Waals surface area (Å²) in [5, 5.41) is 11.5. The van der Waals surface area contributed by atoms with Crippen LogP contribution in [0, 0.1) is 0 Å². The molecular formula is C43H86NO7P. The number of nitrogens with one attached hydrogen (secondary N) is 1. The third-order valence-corrected chi connectivity index (χ3v) is 12.1. The third kappa shape index (κ3) is 33.8. The van der Waals surface area contributed by atoms with Gasteiger partial charge in [-0.15, -0.1) is 0 Å². The molecule has 0 aromatic rings. The van der Waals surface area contributed by atoms with E-state index in [2.05, 4.69) is 19.2 Å². The number of carbonyl (C=O) groups excluding carboxylic acids is 1. The first-order chi connectivity index (χ1) is 25.4. The number of Topliss-reactive ketones (excluding diaryl/α,β-unsaturated/α-hetero) is 1. The van der Waals surface area contributed by atoms with Crippen LogP contribution in [0.15, 0.2) is 0 Å². The van der Waals surface area contributed by atoms with Gasteiger partial charge < -0.3 is 18.9 Å². The van der Waals surface area contributed by atoms with Gasteiger partial charge in [0.05, 0.1) is 26.3 Å². The third-order valence-electron chi connectivity index (χ3n) is 10.0. The Bertz CT molecular complexity index is 785. The molecule has 0 bridgehead atoms. The van der Waals surface area contributed by atoms with Crippen molar-refractivity contribution in [2.24, 2.45) is 0 Å². The number of hydrogen-bond acceptors (Lipinski definition) is 7. The van der Waals surface area contributed by atoms with Crippen LogP contribution in [0.25, 0.3) is 0 Å². The van der Waals surface area contributed by atoms with E-state index in [1.165, 1.54) is 167 Å². The van der Waals surface area contributed by atoms with Crippen LogP contribution in [-0.4, -0.2) is 55.6 Å². The topological polar surface area (TPSA) is 111 Å². The highest BCUT2D eigenvalue weighted by Gasteiger charge is 2.42. The molecule has 0 aromatic carbocycles. The summed E-state index contributed by atoms with van der Waals surface area (Å²) in [6, 6.07) is 0. The number of unbranched alkanes of at least 4 members (excludes halogenated alkanes) is 30. The molecule has 310 valence electrons. The molecule has 0 aliphatic carbocycles. The highest BCUT2D eigenvalue weighted by Crippen LogP contribution is 2.54. The highest BCUT2D eigenvalue weighted by atomic mass is 31.2. The Hall–Kier alpha value is -0.790. The Balaban J connectivity index is 4.34. The molecule has 8 nitrogen and oxygen atoms in total. The summed E-state index contributed by atoms with van der Waals surface area (Å²) in [4.78, 5) is 23.9. The van der Waals surface area contributed by atoms with Crippen LogP contribution in [0.5, 0.6) is 0 Å². The zero-order valence-electron chi connectivity index (χ0n) is 34.6. The number of carboxylic acids is 1. The Morgan fingerprint density at radius 3 is 1.04 bits per heavy atom. The van der Waals surface area contributed by atoms with Gasteiger partial charge in [-0.2, -0.15) is 0 Å². The first-order valence-electron chi connectivity index (χ1n) is 22.4. The maximum atomic E-state index is 14.0. The second-order valence-corrected chi connectivity index (χ2v) is 17.1. The van der Waals surface area contributed by atoms with E-state index in [-0.39, 0.29) is 32.9 Å². The SMILES string of the molecule is CCCCCCCCCCCCCCCCCCOP(=O)(OCCCCCCCCCCCCCCCCCC)C(OCC)C(=O)CNCC(=O)O. The fourth-order valence-electron chi connectivity index (χ4n) is 6.75. The molecule has 2 N–H and O–H groups in total. The lowest BCUT2D eigenvalue weighted by atomic mass is 10.0. The Labute approximate surface area is 322 Å². The second kappa shape index (κ2) is 39.9.